The van der Waals surface area contributed by atoms with E-state index < -0.39 is 11.7 Å². The van der Waals surface area contributed by atoms with Gasteiger partial charge in [-0.05, 0) is 30.3 Å². The van der Waals surface area contributed by atoms with Gasteiger partial charge >= 0.3 is 0 Å². The van der Waals surface area contributed by atoms with E-state index in [2.05, 4.69) is 10.6 Å². The van der Waals surface area contributed by atoms with Crippen LogP contribution in [0.3, 0.4) is 0 Å². The van der Waals surface area contributed by atoms with Gasteiger partial charge in [0.2, 0.25) is 5.91 Å². The molecule has 5 nitrogen and oxygen atoms in total. The number of rotatable bonds is 5. The van der Waals surface area contributed by atoms with Crippen molar-refractivity contribution in [3.8, 4) is 0 Å². The number of halogens is 1. The number of hydrogen-bond acceptors (Lipinski definition) is 3. The monoisotopic (exact) mass is 287 g/mol. The number of benzene rings is 2. The van der Waals surface area contributed by atoms with Crippen molar-refractivity contribution in [2.45, 2.75) is 0 Å². The minimum atomic E-state index is -0.883. The summed E-state index contributed by atoms with van der Waals surface area (Å²) in [7, 11) is 0. The van der Waals surface area contributed by atoms with Crippen LogP contribution in [0, 0.1) is 5.82 Å². The number of nitrogens with two attached hydrogens (primary N) is 1. The SMILES string of the molecule is NC(=O)c1cc(NC(=O)CNc2ccccc2)ccc1F. The van der Waals surface area contributed by atoms with E-state index in [9.17, 15) is 14.0 Å². The number of anilines is 2. The first-order valence-electron chi connectivity index (χ1n) is 6.24. The second-order valence-corrected chi connectivity index (χ2v) is 4.33. The molecule has 0 bridgehead atoms. The highest BCUT2D eigenvalue weighted by atomic mass is 19.1. The summed E-state index contributed by atoms with van der Waals surface area (Å²) < 4.78 is 13.3. The predicted octanol–water partition coefficient (Wildman–Crippen LogP) is 1.98. The van der Waals surface area contributed by atoms with Crippen LogP contribution in [0.15, 0.2) is 48.5 Å². The molecular formula is C15H14FN3O2. The van der Waals surface area contributed by atoms with Gasteiger partial charge in [0.25, 0.3) is 5.91 Å². The Kier molecular flexibility index (Phi) is 4.50. The van der Waals surface area contributed by atoms with Crippen molar-refractivity contribution in [3.63, 3.8) is 0 Å². The molecule has 0 aliphatic carbocycles. The van der Waals surface area contributed by atoms with Crippen molar-refractivity contribution in [1.29, 1.82) is 0 Å². The maximum Gasteiger partial charge on any atom is 0.251 e. The second-order valence-electron chi connectivity index (χ2n) is 4.33. The van der Waals surface area contributed by atoms with Gasteiger partial charge in [0.1, 0.15) is 5.82 Å². The van der Waals surface area contributed by atoms with Gasteiger partial charge in [0, 0.05) is 11.4 Å². The fraction of sp³-hybridized carbons (Fsp3) is 0.0667. The van der Waals surface area contributed by atoms with E-state index in [0.29, 0.717) is 5.69 Å². The summed E-state index contributed by atoms with van der Waals surface area (Å²) in [5.74, 6) is -1.92. The lowest BCUT2D eigenvalue weighted by Crippen LogP contribution is -2.22. The van der Waals surface area contributed by atoms with Crippen LogP contribution in [0.4, 0.5) is 15.8 Å². The van der Waals surface area contributed by atoms with E-state index in [4.69, 9.17) is 5.73 Å². The molecule has 0 spiro atoms. The Morgan fingerprint density at radius 1 is 1.05 bits per heavy atom. The summed E-state index contributed by atoms with van der Waals surface area (Å²) in [5, 5.41) is 5.49. The Hall–Kier alpha value is -2.89. The summed E-state index contributed by atoms with van der Waals surface area (Å²) >= 11 is 0. The topological polar surface area (TPSA) is 84.2 Å². The second kappa shape index (κ2) is 6.51. The summed E-state index contributed by atoms with van der Waals surface area (Å²) in [6.07, 6.45) is 0. The molecule has 2 amide bonds. The van der Waals surface area contributed by atoms with Crippen LogP contribution in [0.1, 0.15) is 10.4 Å². The third-order valence-corrected chi connectivity index (χ3v) is 2.74. The fourth-order valence-electron chi connectivity index (χ4n) is 1.74. The van der Waals surface area contributed by atoms with Crippen LogP contribution in [0.25, 0.3) is 0 Å². The maximum atomic E-state index is 13.3. The van der Waals surface area contributed by atoms with E-state index in [1.165, 1.54) is 12.1 Å². The Morgan fingerprint density at radius 3 is 2.43 bits per heavy atom. The molecule has 0 aliphatic heterocycles. The highest BCUT2D eigenvalue weighted by Gasteiger charge is 2.10. The Balaban J connectivity index is 1.97. The van der Waals surface area contributed by atoms with Crippen molar-refractivity contribution in [2.75, 3.05) is 17.2 Å². The largest absolute Gasteiger partial charge is 0.376 e. The molecule has 0 aliphatic rings. The van der Waals surface area contributed by atoms with E-state index in [1.807, 2.05) is 30.3 Å². The number of hydrogen-bond donors (Lipinski definition) is 3. The molecule has 0 saturated heterocycles. The molecule has 2 rings (SSSR count). The van der Waals surface area contributed by atoms with Crippen molar-refractivity contribution < 1.29 is 14.0 Å². The zero-order valence-electron chi connectivity index (χ0n) is 11.1. The highest BCUT2D eigenvalue weighted by Crippen LogP contribution is 2.14. The van der Waals surface area contributed by atoms with Crippen molar-refractivity contribution in [1.82, 2.24) is 0 Å². The standard InChI is InChI=1S/C15H14FN3O2/c16-13-7-6-11(8-12(13)15(17)21)19-14(20)9-18-10-4-2-1-3-5-10/h1-8,18H,9H2,(H2,17,21)(H,19,20). The molecule has 0 saturated carbocycles. The fourth-order valence-corrected chi connectivity index (χ4v) is 1.74. The number of carbonyl (C=O) groups excluding carboxylic acids is 2. The average Bonchev–Trinajstić information content (AvgIpc) is 2.48. The average molecular weight is 287 g/mol. The van der Waals surface area contributed by atoms with Gasteiger partial charge < -0.3 is 16.4 Å². The third-order valence-electron chi connectivity index (χ3n) is 2.74. The Bertz CT molecular complexity index is 659. The molecule has 0 atom stereocenters. The first-order valence-corrected chi connectivity index (χ1v) is 6.24. The first-order chi connectivity index (χ1) is 10.1. The van der Waals surface area contributed by atoms with Crippen LogP contribution >= 0.6 is 0 Å². The Labute approximate surface area is 121 Å². The molecule has 2 aromatic carbocycles. The number of amides is 2. The zero-order valence-corrected chi connectivity index (χ0v) is 11.1. The van der Waals surface area contributed by atoms with Gasteiger partial charge in [0.15, 0.2) is 0 Å². The molecule has 0 fully saturated rings. The van der Waals surface area contributed by atoms with E-state index in [1.54, 1.807) is 0 Å². The van der Waals surface area contributed by atoms with Crippen molar-refractivity contribution in [2.24, 2.45) is 5.73 Å². The summed E-state index contributed by atoms with van der Waals surface area (Å²) in [5.41, 5.74) is 5.90. The minimum Gasteiger partial charge on any atom is -0.376 e. The van der Waals surface area contributed by atoms with Crippen molar-refractivity contribution >= 4 is 23.2 Å². The Morgan fingerprint density at radius 2 is 1.76 bits per heavy atom. The summed E-state index contributed by atoms with van der Waals surface area (Å²) in [4.78, 5) is 22.8. The molecule has 0 radical (unpaired) electrons. The molecule has 4 N–H and O–H groups in total. The van der Waals surface area contributed by atoms with Gasteiger partial charge in [-0.25, -0.2) is 4.39 Å². The maximum absolute atomic E-state index is 13.3. The minimum absolute atomic E-state index is 0.0489. The van der Waals surface area contributed by atoms with Crippen LogP contribution < -0.4 is 16.4 Å². The highest BCUT2D eigenvalue weighted by molar-refractivity contribution is 5.97. The third kappa shape index (κ3) is 4.04. The molecule has 0 heterocycles. The van der Waals surface area contributed by atoms with Gasteiger partial charge in [-0.3, -0.25) is 9.59 Å². The number of carbonyl (C=O) groups is 2. The lowest BCUT2D eigenvalue weighted by Gasteiger charge is -2.08. The van der Waals surface area contributed by atoms with Crippen molar-refractivity contribution in [3.05, 3.63) is 59.9 Å². The first kappa shape index (κ1) is 14.5. The summed E-state index contributed by atoms with van der Waals surface area (Å²) in [6, 6.07) is 12.9. The lowest BCUT2D eigenvalue weighted by molar-refractivity contribution is -0.114. The predicted molar refractivity (Wildman–Crippen MR) is 78.5 cm³/mol. The van der Waals surface area contributed by atoms with Crippen LogP contribution in [-0.4, -0.2) is 18.4 Å². The smallest absolute Gasteiger partial charge is 0.251 e. The van der Waals surface area contributed by atoms with Crippen LogP contribution in [0.2, 0.25) is 0 Å². The van der Waals surface area contributed by atoms with Gasteiger partial charge in [-0.15, -0.1) is 0 Å². The molecule has 0 aromatic heterocycles. The molecule has 2 aromatic rings. The summed E-state index contributed by atoms with van der Waals surface area (Å²) in [6.45, 7) is 0.0489. The quantitative estimate of drug-likeness (QED) is 0.786. The zero-order chi connectivity index (χ0) is 15.2. The number of para-hydroxylation sites is 1. The molecule has 21 heavy (non-hydrogen) atoms. The number of nitrogens with one attached hydrogen (secondary N) is 2. The van der Waals surface area contributed by atoms with Crippen LogP contribution in [-0.2, 0) is 4.79 Å². The van der Waals surface area contributed by atoms with Gasteiger partial charge in [-0.1, -0.05) is 18.2 Å². The van der Waals surface area contributed by atoms with E-state index in [-0.39, 0.29) is 18.0 Å². The molecule has 108 valence electrons. The molecular weight excluding hydrogens is 273 g/mol. The van der Waals surface area contributed by atoms with Crippen LogP contribution in [0.5, 0.6) is 0 Å². The molecule has 0 unspecified atom stereocenters. The lowest BCUT2D eigenvalue weighted by atomic mass is 10.2. The van der Waals surface area contributed by atoms with E-state index >= 15 is 0 Å². The number of primary amides is 1. The van der Waals surface area contributed by atoms with Gasteiger partial charge in [-0.2, -0.15) is 0 Å². The van der Waals surface area contributed by atoms with E-state index in [0.717, 1.165) is 11.8 Å². The molecule has 6 heteroatoms. The van der Waals surface area contributed by atoms with Gasteiger partial charge in [0.05, 0.1) is 12.1 Å². The normalized spacial score (nSPS) is 9.95.